The molecule has 0 spiro atoms. The molecule has 0 aliphatic rings. The molecule has 3 heteroatoms. The van der Waals surface area contributed by atoms with Crippen molar-refractivity contribution >= 4 is 0 Å². The minimum Gasteiger partial charge on any atom is -0.497 e. The van der Waals surface area contributed by atoms with Gasteiger partial charge in [0.1, 0.15) is 5.75 Å². The molecule has 0 heterocycles. The predicted octanol–water partition coefficient (Wildman–Crippen LogP) is 2.93. The average Bonchev–Trinajstić information content (AvgIpc) is 2.42. The van der Waals surface area contributed by atoms with Gasteiger partial charge in [0.15, 0.2) is 0 Å². The van der Waals surface area contributed by atoms with E-state index in [9.17, 15) is 5.11 Å². The minimum absolute atomic E-state index is 0.293. The second kappa shape index (κ2) is 8.72. The van der Waals surface area contributed by atoms with Crippen molar-refractivity contribution in [1.82, 2.24) is 0 Å². The second-order valence-corrected chi connectivity index (χ2v) is 4.21. The van der Waals surface area contributed by atoms with Gasteiger partial charge in [-0.1, -0.05) is 18.2 Å². The van der Waals surface area contributed by atoms with Crippen molar-refractivity contribution in [2.45, 2.75) is 32.0 Å². The smallest absolute Gasteiger partial charge is 0.118 e. The summed E-state index contributed by atoms with van der Waals surface area (Å²) in [7, 11) is 1.65. The van der Waals surface area contributed by atoms with E-state index in [4.69, 9.17) is 9.47 Å². The van der Waals surface area contributed by atoms with Crippen molar-refractivity contribution in [3.05, 3.63) is 42.5 Å². The summed E-state index contributed by atoms with van der Waals surface area (Å²) in [5.74, 6) is 0.846. The van der Waals surface area contributed by atoms with Crippen molar-refractivity contribution in [2.24, 2.45) is 0 Å². The molecule has 0 amide bonds. The molecule has 0 saturated carbocycles. The van der Waals surface area contributed by atoms with Gasteiger partial charge in [-0.3, -0.25) is 0 Å². The summed E-state index contributed by atoms with van der Waals surface area (Å²) in [5.41, 5.74) is 1.11. The van der Waals surface area contributed by atoms with Crippen molar-refractivity contribution in [2.75, 3.05) is 13.7 Å². The molecule has 100 valence electrons. The van der Waals surface area contributed by atoms with Crippen LogP contribution in [0.2, 0.25) is 0 Å². The van der Waals surface area contributed by atoms with Gasteiger partial charge in [0.05, 0.1) is 19.8 Å². The van der Waals surface area contributed by atoms with Crippen LogP contribution in [0.4, 0.5) is 0 Å². The Balaban J connectivity index is 2.15. The van der Waals surface area contributed by atoms with Gasteiger partial charge < -0.3 is 14.6 Å². The normalized spacial score (nSPS) is 12.1. The summed E-state index contributed by atoms with van der Waals surface area (Å²) in [5, 5.41) is 9.60. The first-order chi connectivity index (χ1) is 8.76. The molecule has 0 aromatic heterocycles. The molecule has 3 nitrogen and oxygen atoms in total. The maximum absolute atomic E-state index is 9.60. The molecular formula is C15H22O3. The monoisotopic (exact) mass is 250 g/mol. The van der Waals surface area contributed by atoms with Gasteiger partial charge in [-0.2, -0.15) is 0 Å². The first-order valence-corrected chi connectivity index (χ1v) is 6.26. The lowest BCUT2D eigenvalue weighted by atomic mass is 10.1. The summed E-state index contributed by atoms with van der Waals surface area (Å²) in [4.78, 5) is 0. The van der Waals surface area contributed by atoms with Gasteiger partial charge in [0.2, 0.25) is 0 Å². The molecule has 0 unspecified atom stereocenters. The third kappa shape index (κ3) is 5.84. The molecule has 18 heavy (non-hydrogen) atoms. The van der Waals surface area contributed by atoms with Crippen LogP contribution in [-0.4, -0.2) is 24.9 Å². The molecule has 0 radical (unpaired) electrons. The van der Waals surface area contributed by atoms with Crippen molar-refractivity contribution < 1.29 is 14.6 Å². The highest BCUT2D eigenvalue weighted by Gasteiger charge is 2.02. The summed E-state index contributed by atoms with van der Waals surface area (Å²) in [6.07, 6.45) is 3.80. The number of ether oxygens (including phenoxy) is 2. The van der Waals surface area contributed by atoms with Gasteiger partial charge >= 0.3 is 0 Å². The maximum Gasteiger partial charge on any atom is 0.118 e. The average molecular weight is 250 g/mol. The van der Waals surface area contributed by atoms with Gasteiger partial charge in [0, 0.05) is 6.61 Å². The number of methoxy groups -OCH3 is 1. The van der Waals surface area contributed by atoms with E-state index in [1.165, 1.54) is 0 Å². The standard InChI is InChI=1S/C15H22O3/c1-3-4-5-14(16)10-11-18-12-13-6-8-15(17-2)9-7-13/h3,6-9,14,16H,1,4-5,10-12H2,2H3/t14-/m0/s1. The van der Waals surface area contributed by atoms with Crippen molar-refractivity contribution in [3.8, 4) is 5.75 Å². The van der Waals surface area contributed by atoms with Crippen LogP contribution in [0.15, 0.2) is 36.9 Å². The van der Waals surface area contributed by atoms with Gasteiger partial charge in [-0.05, 0) is 37.0 Å². The van der Waals surface area contributed by atoms with Crippen LogP contribution in [-0.2, 0) is 11.3 Å². The van der Waals surface area contributed by atoms with E-state index >= 15 is 0 Å². The Morgan fingerprint density at radius 1 is 1.28 bits per heavy atom. The number of hydrogen-bond acceptors (Lipinski definition) is 3. The molecule has 1 atom stereocenters. The van der Waals surface area contributed by atoms with Crippen LogP contribution in [0, 0.1) is 0 Å². The first-order valence-electron chi connectivity index (χ1n) is 6.26. The zero-order chi connectivity index (χ0) is 13.2. The van der Waals surface area contributed by atoms with Crippen LogP contribution < -0.4 is 4.74 Å². The number of aliphatic hydroxyl groups is 1. The highest BCUT2D eigenvalue weighted by Crippen LogP contribution is 2.12. The van der Waals surface area contributed by atoms with E-state index in [0.717, 1.165) is 24.2 Å². The third-order valence-electron chi connectivity index (χ3n) is 2.73. The highest BCUT2D eigenvalue weighted by molar-refractivity contribution is 5.26. The molecule has 0 bridgehead atoms. The maximum atomic E-state index is 9.60. The van der Waals surface area contributed by atoms with E-state index in [1.54, 1.807) is 7.11 Å². The molecule has 1 aromatic rings. The Morgan fingerprint density at radius 3 is 2.61 bits per heavy atom. The zero-order valence-corrected chi connectivity index (χ0v) is 11.0. The van der Waals surface area contributed by atoms with E-state index in [1.807, 2.05) is 30.3 Å². The summed E-state index contributed by atoms with van der Waals surface area (Å²) in [6.45, 7) is 4.77. The summed E-state index contributed by atoms with van der Waals surface area (Å²) < 4.78 is 10.6. The lowest BCUT2D eigenvalue weighted by molar-refractivity contribution is 0.0705. The summed E-state index contributed by atoms with van der Waals surface area (Å²) >= 11 is 0. The largest absolute Gasteiger partial charge is 0.497 e. The number of benzene rings is 1. The fourth-order valence-corrected chi connectivity index (χ4v) is 1.59. The van der Waals surface area contributed by atoms with Gasteiger partial charge in [0.25, 0.3) is 0 Å². The van der Waals surface area contributed by atoms with Gasteiger partial charge in [-0.15, -0.1) is 6.58 Å². The molecule has 0 aliphatic carbocycles. The topological polar surface area (TPSA) is 38.7 Å². The Bertz CT molecular complexity index is 332. The quantitative estimate of drug-likeness (QED) is 0.541. The van der Waals surface area contributed by atoms with E-state index in [-0.39, 0.29) is 6.10 Å². The van der Waals surface area contributed by atoms with Crippen LogP contribution in [0.1, 0.15) is 24.8 Å². The molecule has 0 saturated heterocycles. The number of rotatable bonds is 9. The van der Waals surface area contributed by atoms with Crippen LogP contribution >= 0.6 is 0 Å². The number of aliphatic hydroxyl groups excluding tert-OH is 1. The second-order valence-electron chi connectivity index (χ2n) is 4.21. The third-order valence-corrected chi connectivity index (χ3v) is 2.73. The number of allylic oxidation sites excluding steroid dienone is 1. The van der Waals surface area contributed by atoms with Crippen LogP contribution in [0.5, 0.6) is 5.75 Å². The van der Waals surface area contributed by atoms with E-state index < -0.39 is 0 Å². The Hall–Kier alpha value is -1.32. The van der Waals surface area contributed by atoms with E-state index in [2.05, 4.69) is 6.58 Å². The SMILES string of the molecule is C=CCC[C@H](O)CCOCc1ccc(OC)cc1. The zero-order valence-electron chi connectivity index (χ0n) is 11.0. The summed E-state index contributed by atoms with van der Waals surface area (Å²) in [6, 6.07) is 7.79. The Morgan fingerprint density at radius 2 is 2.00 bits per heavy atom. The van der Waals surface area contributed by atoms with Crippen molar-refractivity contribution in [3.63, 3.8) is 0 Å². The molecule has 0 fully saturated rings. The lowest BCUT2D eigenvalue weighted by Gasteiger charge is -2.10. The minimum atomic E-state index is -0.293. The van der Waals surface area contributed by atoms with E-state index in [0.29, 0.717) is 19.6 Å². The van der Waals surface area contributed by atoms with Crippen LogP contribution in [0.25, 0.3) is 0 Å². The molecule has 1 aromatic carbocycles. The molecule has 0 aliphatic heterocycles. The molecule has 1 N–H and O–H groups in total. The first kappa shape index (κ1) is 14.7. The highest BCUT2D eigenvalue weighted by atomic mass is 16.5. The molecule has 1 rings (SSSR count). The fourth-order valence-electron chi connectivity index (χ4n) is 1.59. The predicted molar refractivity (Wildman–Crippen MR) is 72.7 cm³/mol. The Kier molecular flexibility index (Phi) is 7.14. The fraction of sp³-hybridized carbons (Fsp3) is 0.467. The molecular weight excluding hydrogens is 228 g/mol. The van der Waals surface area contributed by atoms with Crippen molar-refractivity contribution in [1.29, 1.82) is 0 Å². The van der Waals surface area contributed by atoms with Gasteiger partial charge in [-0.25, -0.2) is 0 Å². The Labute approximate surface area is 109 Å². The number of hydrogen-bond donors (Lipinski definition) is 1. The lowest BCUT2D eigenvalue weighted by Crippen LogP contribution is -2.10. The van der Waals surface area contributed by atoms with Crippen LogP contribution in [0.3, 0.4) is 0 Å².